The highest BCUT2D eigenvalue weighted by Gasteiger charge is 2.28. The monoisotopic (exact) mass is 299 g/mol. The number of carboxylic acid groups (broad SMARTS) is 1. The van der Waals surface area contributed by atoms with Crippen LogP contribution in [-0.2, 0) is 19.2 Å². The molecular formula is C14H23N2O5-. The molecule has 0 aromatic rings. The third-order valence-electron chi connectivity index (χ3n) is 2.59. The standard InChI is InChI=1S/C14H24N2O5/c1-13(2,3)11(20)15-8(10(18)19)7-9(17)16-12(21)14(4,5)6/h8H,7H2,1-6H3,(H,15,20)(H,18,19)(H,16,17,21)/p-1/t8-/m0/s1. The molecule has 1 atom stereocenters. The summed E-state index contributed by atoms with van der Waals surface area (Å²) in [7, 11) is 0. The van der Waals surface area contributed by atoms with E-state index < -0.39 is 47.0 Å². The quantitative estimate of drug-likeness (QED) is 0.715. The molecule has 7 nitrogen and oxygen atoms in total. The Hall–Kier alpha value is -1.92. The largest absolute Gasteiger partial charge is 0.548 e. The number of carbonyl (C=O) groups excluding carboxylic acids is 4. The van der Waals surface area contributed by atoms with Crippen LogP contribution in [-0.4, -0.2) is 29.7 Å². The van der Waals surface area contributed by atoms with Crippen molar-refractivity contribution in [1.29, 1.82) is 0 Å². The number of carbonyl (C=O) groups is 4. The van der Waals surface area contributed by atoms with Gasteiger partial charge in [-0.3, -0.25) is 19.7 Å². The van der Waals surface area contributed by atoms with Crippen LogP contribution in [0.15, 0.2) is 0 Å². The highest BCUT2D eigenvalue weighted by Crippen LogP contribution is 2.14. The van der Waals surface area contributed by atoms with Crippen molar-refractivity contribution >= 4 is 23.7 Å². The SMILES string of the molecule is CC(C)(C)C(=O)NC(=O)C[C@H](NC(=O)C(C)(C)C)C(=O)[O-]. The van der Waals surface area contributed by atoms with Crippen LogP contribution < -0.4 is 15.7 Å². The van der Waals surface area contributed by atoms with Crippen LogP contribution in [0, 0.1) is 10.8 Å². The van der Waals surface area contributed by atoms with Gasteiger partial charge in [0.1, 0.15) is 0 Å². The lowest BCUT2D eigenvalue weighted by Gasteiger charge is -2.25. The lowest BCUT2D eigenvalue weighted by molar-refractivity contribution is -0.308. The Bertz CT molecular complexity index is 443. The number of aliphatic carboxylic acids is 1. The van der Waals surface area contributed by atoms with Crippen LogP contribution in [0.5, 0.6) is 0 Å². The lowest BCUT2D eigenvalue weighted by Crippen LogP contribution is -2.53. The molecule has 0 heterocycles. The summed E-state index contributed by atoms with van der Waals surface area (Å²) in [6, 6.07) is -1.48. The third kappa shape index (κ3) is 6.87. The van der Waals surface area contributed by atoms with E-state index in [4.69, 9.17) is 0 Å². The molecule has 0 saturated heterocycles. The Morgan fingerprint density at radius 2 is 1.33 bits per heavy atom. The molecule has 120 valence electrons. The van der Waals surface area contributed by atoms with Crippen LogP contribution in [0.25, 0.3) is 0 Å². The van der Waals surface area contributed by atoms with Crippen molar-refractivity contribution in [3.8, 4) is 0 Å². The molecule has 3 amide bonds. The van der Waals surface area contributed by atoms with Crippen molar-refractivity contribution in [2.24, 2.45) is 10.8 Å². The van der Waals surface area contributed by atoms with Gasteiger partial charge in [0, 0.05) is 10.8 Å². The first-order valence-electron chi connectivity index (χ1n) is 6.61. The van der Waals surface area contributed by atoms with Gasteiger partial charge in [-0.25, -0.2) is 0 Å². The van der Waals surface area contributed by atoms with E-state index in [1.165, 1.54) is 0 Å². The average Bonchev–Trinajstić information content (AvgIpc) is 2.24. The second kappa shape index (κ2) is 6.69. The number of amides is 3. The summed E-state index contributed by atoms with van der Waals surface area (Å²) in [5.41, 5.74) is -1.58. The van der Waals surface area contributed by atoms with E-state index in [0.717, 1.165) is 0 Å². The van der Waals surface area contributed by atoms with Crippen molar-refractivity contribution in [3.63, 3.8) is 0 Å². The minimum Gasteiger partial charge on any atom is -0.548 e. The Morgan fingerprint density at radius 1 is 0.905 bits per heavy atom. The second-order valence-corrected chi connectivity index (χ2v) is 6.93. The predicted octanol–water partition coefficient (Wildman–Crippen LogP) is -0.654. The Labute approximate surface area is 124 Å². The molecule has 0 fully saturated rings. The number of rotatable bonds is 4. The van der Waals surface area contributed by atoms with Crippen molar-refractivity contribution in [2.45, 2.75) is 54.0 Å². The van der Waals surface area contributed by atoms with Crippen LogP contribution in [0.2, 0.25) is 0 Å². The maximum atomic E-state index is 11.7. The van der Waals surface area contributed by atoms with Crippen LogP contribution >= 0.6 is 0 Å². The van der Waals surface area contributed by atoms with E-state index in [2.05, 4.69) is 10.6 Å². The van der Waals surface area contributed by atoms with E-state index >= 15 is 0 Å². The van der Waals surface area contributed by atoms with Gasteiger partial charge < -0.3 is 15.2 Å². The first-order chi connectivity index (χ1) is 9.25. The average molecular weight is 299 g/mol. The maximum absolute atomic E-state index is 11.7. The van der Waals surface area contributed by atoms with Gasteiger partial charge >= 0.3 is 0 Å². The molecule has 0 aromatic carbocycles. The number of imide groups is 1. The Balaban J connectivity index is 4.74. The zero-order valence-corrected chi connectivity index (χ0v) is 13.3. The molecule has 0 aliphatic rings. The smallest absolute Gasteiger partial charge is 0.231 e. The second-order valence-electron chi connectivity index (χ2n) is 6.93. The Morgan fingerprint density at radius 3 is 1.67 bits per heavy atom. The molecule has 0 aliphatic carbocycles. The highest BCUT2D eigenvalue weighted by molar-refractivity contribution is 5.99. The Kier molecular flexibility index (Phi) is 6.08. The summed E-state index contributed by atoms with van der Waals surface area (Å²) in [5, 5.41) is 15.3. The number of nitrogens with one attached hydrogen (secondary N) is 2. The fourth-order valence-corrected chi connectivity index (χ4v) is 1.12. The molecule has 0 aromatic heterocycles. The molecule has 7 heteroatoms. The fraction of sp³-hybridized carbons (Fsp3) is 0.714. The van der Waals surface area contributed by atoms with Gasteiger partial charge in [0.05, 0.1) is 18.4 Å². The maximum Gasteiger partial charge on any atom is 0.231 e. The molecule has 2 N–H and O–H groups in total. The summed E-state index contributed by atoms with van der Waals surface area (Å²) in [5.74, 6) is -3.40. The molecule has 0 spiro atoms. The van der Waals surface area contributed by atoms with Crippen LogP contribution in [0.4, 0.5) is 0 Å². The zero-order chi connectivity index (χ0) is 17.0. The summed E-state index contributed by atoms with van der Waals surface area (Å²) >= 11 is 0. The van der Waals surface area contributed by atoms with Crippen molar-refractivity contribution in [1.82, 2.24) is 10.6 Å². The minimum atomic E-state index is -1.58. The van der Waals surface area contributed by atoms with Crippen molar-refractivity contribution in [2.75, 3.05) is 0 Å². The van der Waals surface area contributed by atoms with E-state index in [1.807, 2.05) is 0 Å². The molecule has 0 radical (unpaired) electrons. The van der Waals surface area contributed by atoms with E-state index in [9.17, 15) is 24.3 Å². The van der Waals surface area contributed by atoms with Gasteiger partial charge in [0.2, 0.25) is 17.7 Å². The lowest BCUT2D eigenvalue weighted by atomic mass is 9.94. The molecule has 21 heavy (non-hydrogen) atoms. The molecule has 0 unspecified atom stereocenters. The first kappa shape index (κ1) is 19.1. The summed E-state index contributed by atoms with van der Waals surface area (Å²) < 4.78 is 0. The highest BCUT2D eigenvalue weighted by atomic mass is 16.4. The molecule has 0 rings (SSSR count). The van der Waals surface area contributed by atoms with Gasteiger partial charge in [-0.05, 0) is 0 Å². The van der Waals surface area contributed by atoms with Gasteiger partial charge in [-0.2, -0.15) is 0 Å². The molecule has 0 saturated carbocycles. The summed E-state index contributed by atoms with van der Waals surface area (Å²) in [6.45, 7) is 9.68. The minimum absolute atomic E-state index is 0.522. The summed E-state index contributed by atoms with van der Waals surface area (Å²) in [6.07, 6.45) is -0.564. The van der Waals surface area contributed by atoms with Gasteiger partial charge in [0.15, 0.2) is 0 Å². The molecular weight excluding hydrogens is 276 g/mol. The normalized spacial score (nSPS) is 13.2. The van der Waals surface area contributed by atoms with Crippen molar-refractivity contribution < 1.29 is 24.3 Å². The van der Waals surface area contributed by atoms with Crippen molar-refractivity contribution in [3.05, 3.63) is 0 Å². The zero-order valence-electron chi connectivity index (χ0n) is 13.3. The molecule has 0 aliphatic heterocycles. The number of hydrogen-bond donors (Lipinski definition) is 2. The number of hydrogen-bond acceptors (Lipinski definition) is 5. The van der Waals surface area contributed by atoms with E-state index in [-0.39, 0.29) is 0 Å². The van der Waals surface area contributed by atoms with Crippen LogP contribution in [0.3, 0.4) is 0 Å². The first-order valence-corrected chi connectivity index (χ1v) is 6.61. The van der Waals surface area contributed by atoms with E-state index in [0.29, 0.717) is 0 Å². The fourth-order valence-electron chi connectivity index (χ4n) is 1.12. The topological polar surface area (TPSA) is 115 Å². The predicted molar refractivity (Wildman–Crippen MR) is 73.6 cm³/mol. The van der Waals surface area contributed by atoms with Gasteiger partial charge in [-0.15, -0.1) is 0 Å². The molecule has 0 bridgehead atoms. The third-order valence-corrected chi connectivity index (χ3v) is 2.59. The van der Waals surface area contributed by atoms with Gasteiger partial charge in [0.25, 0.3) is 0 Å². The summed E-state index contributed by atoms with van der Waals surface area (Å²) in [4.78, 5) is 46.0. The number of carboxylic acids is 1. The van der Waals surface area contributed by atoms with E-state index in [1.54, 1.807) is 41.5 Å². The van der Waals surface area contributed by atoms with Crippen LogP contribution in [0.1, 0.15) is 48.0 Å². The van der Waals surface area contributed by atoms with Gasteiger partial charge in [-0.1, -0.05) is 41.5 Å².